The standard InChI is InChI=1S/C16H26N2O2S/c1-9(2)13(14(19)18-15(17)20)21-16-6-10-3-11(7-16)5-12(4-10)8-16/h9-13H,3-8H2,1-2H3,(H3,17,18,19,20)/t10?,11?,12?,13-,16?/m0/s1. The zero-order valence-corrected chi connectivity index (χ0v) is 13.7. The Labute approximate surface area is 131 Å². The molecular weight excluding hydrogens is 284 g/mol. The molecule has 0 aromatic heterocycles. The van der Waals surface area contributed by atoms with Crippen LogP contribution in [0.1, 0.15) is 52.4 Å². The molecule has 5 heteroatoms. The molecule has 3 amide bonds. The first-order chi connectivity index (χ1) is 9.87. The van der Waals surface area contributed by atoms with Crippen molar-refractivity contribution in [3.63, 3.8) is 0 Å². The number of carbonyl (C=O) groups is 2. The molecule has 1 atom stereocenters. The Bertz CT molecular complexity index is 414. The Morgan fingerprint density at radius 2 is 1.57 bits per heavy atom. The molecule has 4 saturated carbocycles. The molecule has 0 unspecified atom stereocenters. The highest BCUT2D eigenvalue weighted by Gasteiger charge is 2.52. The van der Waals surface area contributed by atoms with Crippen LogP contribution in [0.5, 0.6) is 0 Å². The zero-order valence-electron chi connectivity index (χ0n) is 12.9. The molecule has 0 aliphatic heterocycles. The largest absolute Gasteiger partial charge is 0.351 e. The van der Waals surface area contributed by atoms with Gasteiger partial charge in [0.15, 0.2) is 0 Å². The third-order valence-electron chi connectivity index (χ3n) is 5.47. The van der Waals surface area contributed by atoms with E-state index in [9.17, 15) is 9.59 Å². The van der Waals surface area contributed by atoms with Crippen LogP contribution in [-0.4, -0.2) is 21.9 Å². The lowest BCUT2D eigenvalue weighted by atomic mass is 9.56. The number of thioether (sulfide) groups is 1. The van der Waals surface area contributed by atoms with Crippen molar-refractivity contribution in [2.45, 2.75) is 62.4 Å². The van der Waals surface area contributed by atoms with E-state index in [0.717, 1.165) is 17.8 Å². The number of carbonyl (C=O) groups excluding carboxylic acids is 2. The normalized spacial score (nSPS) is 38.5. The summed E-state index contributed by atoms with van der Waals surface area (Å²) in [5, 5.41) is 2.11. The van der Waals surface area contributed by atoms with Crippen molar-refractivity contribution in [2.24, 2.45) is 29.4 Å². The summed E-state index contributed by atoms with van der Waals surface area (Å²) in [6.45, 7) is 4.11. The highest BCUT2D eigenvalue weighted by atomic mass is 32.2. The van der Waals surface area contributed by atoms with Crippen LogP contribution in [0.3, 0.4) is 0 Å². The lowest BCUT2D eigenvalue weighted by Crippen LogP contribution is -2.51. The van der Waals surface area contributed by atoms with Crippen molar-refractivity contribution in [1.29, 1.82) is 0 Å². The Morgan fingerprint density at radius 3 is 1.95 bits per heavy atom. The molecule has 4 aliphatic rings. The van der Waals surface area contributed by atoms with Gasteiger partial charge in [-0.05, 0) is 62.2 Å². The average molecular weight is 310 g/mol. The number of hydrogen-bond donors (Lipinski definition) is 2. The molecule has 0 aromatic carbocycles. The monoisotopic (exact) mass is 310 g/mol. The number of imide groups is 1. The predicted octanol–water partition coefficient (Wildman–Crippen LogP) is 2.91. The van der Waals surface area contributed by atoms with Gasteiger partial charge >= 0.3 is 6.03 Å². The summed E-state index contributed by atoms with van der Waals surface area (Å²) < 4.78 is 0.276. The van der Waals surface area contributed by atoms with Crippen LogP contribution in [0.15, 0.2) is 0 Å². The summed E-state index contributed by atoms with van der Waals surface area (Å²) in [5.41, 5.74) is 5.11. The lowest BCUT2D eigenvalue weighted by molar-refractivity contribution is -0.120. The van der Waals surface area contributed by atoms with Crippen molar-refractivity contribution in [2.75, 3.05) is 0 Å². The van der Waals surface area contributed by atoms with Crippen LogP contribution >= 0.6 is 11.8 Å². The topological polar surface area (TPSA) is 72.2 Å². The van der Waals surface area contributed by atoms with Gasteiger partial charge in [0, 0.05) is 4.75 Å². The molecule has 118 valence electrons. The zero-order chi connectivity index (χ0) is 15.2. The molecule has 0 heterocycles. The summed E-state index contributed by atoms with van der Waals surface area (Å²) in [7, 11) is 0. The van der Waals surface area contributed by atoms with Crippen molar-refractivity contribution < 1.29 is 9.59 Å². The quantitative estimate of drug-likeness (QED) is 0.838. The molecule has 4 nitrogen and oxygen atoms in total. The fourth-order valence-corrected chi connectivity index (χ4v) is 7.10. The van der Waals surface area contributed by atoms with Gasteiger partial charge in [-0.25, -0.2) is 4.79 Å². The van der Waals surface area contributed by atoms with Crippen LogP contribution in [0.25, 0.3) is 0 Å². The van der Waals surface area contributed by atoms with Gasteiger partial charge in [0.1, 0.15) is 0 Å². The van der Waals surface area contributed by atoms with Gasteiger partial charge in [-0.15, -0.1) is 11.8 Å². The number of amides is 3. The molecule has 4 bridgehead atoms. The van der Waals surface area contributed by atoms with E-state index in [-0.39, 0.29) is 21.8 Å². The summed E-state index contributed by atoms with van der Waals surface area (Å²) in [5.74, 6) is 2.61. The van der Waals surface area contributed by atoms with E-state index in [2.05, 4.69) is 19.2 Å². The number of hydrogen-bond acceptors (Lipinski definition) is 3. The minimum atomic E-state index is -0.739. The van der Waals surface area contributed by atoms with Crippen LogP contribution in [-0.2, 0) is 4.79 Å². The first kappa shape index (κ1) is 15.2. The van der Waals surface area contributed by atoms with E-state index in [0.29, 0.717) is 0 Å². The second-order valence-corrected chi connectivity index (χ2v) is 9.35. The molecule has 4 fully saturated rings. The number of urea groups is 1. The highest BCUT2D eigenvalue weighted by Crippen LogP contribution is 2.61. The summed E-state index contributed by atoms with van der Waals surface area (Å²) in [6, 6.07) is -0.739. The van der Waals surface area contributed by atoms with Crippen molar-refractivity contribution >= 4 is 23.7 Å². The third-order valence-corrected chi connectivity index (χ3v) is 7.48. The fraction of sp³-hybridized carbons (Fsp3) is 0.875. The van der Waals surface area contributed by atoms with Gasteiger partial charge < -0.3 is 5.73 Å². The SMILES string of the molecule is CC(C)[C@H](SC12CC3CC(CC(C3)C1)C2)C(=O)NC(N)=O. The van der Waals surface area contributed by atoms with Crippen molar-refractivity contribution in [3.05, 3.63) is 0 Å². The minimum Gasteiger partial charge on any atom is -0.351 e. The summed E-state index contributed by atoms with van der Waals surface area (Å²) >= 11 is 1.84. The Balaban J connectivity index is 1.73. The van der Waals surface area contributed by atoms with Crippen LogP contribution in [0, 0.1) is 23.7 Å². The van der Waals surface area contributed by atoms with E-state index in [4.69, 9.17) is 5.73 Å². The van der Waals surface area contributed by atoms with Gasteiger partial charge in [0.25, 0.3) is 0 Å². The molecule has 0 spiro atoms. The van der Waals surface area contributed by atoms with Crippen molar-refractivity contribution in [1.82, 2.24) is 5.32 Å². The van der Waals surface area contributed by atoms with E-state index >= 15 is 0 Å². The number of primary amides is 1. The third kappa shape index (κ3) is 3.08. The average Bonchev–Trinajstić information content (AvgIpc) is 2.33. The van der Waals surface area contributed by atoms with E-state index < -0.39 is 6.03 Å². The first-order valence-corrected chi connectivity index (χ1v) is 9.03. The predicted molar refractivity (Wildman–Crippen MR) is 84.8 cm³/mol. The summed E-state index contributed by atoms with van der Waals surface area (Å²) in [4.78, 5) is 23.3. The van der Waals surface area contributed by atoms with E-state index in [1.807, 2.05) is 11.8 Å². The van der Waals surface area contributed by atoms with Crippen molar-refractivity contribution in [3.8, 4) is 0 Å². The number of nitrogens with two attached hydrogens (primary N) is 1. The molecule has 0 aromatic rings. The van der Waals surface area contributed by atoms with E-state index in [1.54, 1.807) is 0 Å². The van der Waals surface area contributed by atoms with Crippen LogP contribution < -0.4 is 11.1 Å². The Hall–Kier alpha value is -0.710. The summed E-state index contributed by atoms with van der Waals surface area (Å²) in [6.07, 6.45) is 7.99. The maximum atomic E-state index is 12.3. The lowest BCUT2D eigenvalue weighted by Gasteiger charge is -2.57. The molecule has 3 N–H and O–H groups in total. The highest BCUT2D eigenvalue weighted by molar-refractivity contribution is 8.02. The number of rotatable bonds is 4. The maximum Gasteiger partial charge on any atom is 0.318 e. The maximum absolute atomic E-state index is 12.3. The van der Waals surface area contributed by atoms with Gasteiger partial charge in [0.2, 0.25) is 5.91 Å². The molecular formula is C16H26N2O2S. The molecule has 4 aliphatic carbocycles. The van der Waals surface area contributed by atoms with E-state index in [1.165, 1.54) is 38.5 Å². The second kappa shape index (κ2) is 5.49. The van der Waals surface area contributed by atoms with Gasteiger partial charge in [0.05, 0.1) is 5.25 Å². The van der Waals surface area contributed by atoms with Gasteiger partial charge in [-0.2, -0.15) is 0 Å². The first-order valence-electron chi connectivity index (χ1n) is 8.15. The molecule has 0 radical (unpaired) electrons. The Morgan fingerprint density at radius 1 is 1.10 bits per heavy atom. The smallest absolute Gasteiger partial charge is 0.318 e. The fourth-order valence-electron chi connectivity index (χ4n) is 5.13. The Kier molecular flexibility index (Phi) is 3.97. The van der Waals surface area contributed by atoms with Crippen LogP contribution in [0.4, 0.5) is 4.79 Å². The minimum absolute atomic E-state index is 0.172. The molecule has 4 rings (SSSR count). The van der Waals surface area contributed by atoms with Gasteiger partial charge in [-0.3, -0.25) is 10.1 Å². The number of nitrogens with one attached hydrogen (secondary N) is 1. The second-order valence-electron chi connectivity index (χ2n) is 7.74. The van der Waals surface area contributed by atoms with Gasteiger partial charge in [-0.1, -0.05) is 13.8 Å². The molecule has 0 saturated heterocycles. The molecule has 21 heavy (non-hydrogen) atoms. The van der Waals surface area contributed by atoms with Crippen LogP contribution in [0.2, 0.25) is 0 Å².